The molecule has 3 amide bonds. The first-order chi connectivity index (χ1) is 9.78. The molecule has 2 rings (SSSR count). The first-order valence-corrected chi connectivity index (χ1v) is 6.99. The lowest BCUT2D eigenvalue weighted by atomic mass is 10.4. The van der Waals surface area contributed by atoms with Gasteiger partial charge in [0, 0.05) is 32.1 Å². The Morgan fingerprint density at radius 2 is 2.19 bits per heavy atom. The van der Waals surface area contributed by atoms with E-state index in [9.17, 15) is 22.8 Å². The van der Waals surface area contributed by atoms with Crippen molar-refractivity contribution >= 4 is 28.4 Å². The van der Waals surface area contributed by atoms with Gasteiger partial charge in [-0.3, -0.25) is 9.69 Å². The van der Waals surface area contributed by atoms with E-state index in [1.165, 1.54) is 15.2 Å². The van der Waals surface area contributed by atoms with Crippen molar-refractivity contribution < 1.29 is 22.8 Å². The summed E-state index contributed by atoms with van der Waals surface area (Å²) >= 11 is 1.10. The number of rotatable bonds is 4. The zero-order chi connectivity index (χ0) is 15.6. The Bertz CT molecular complexity index is 546. The number of halogens is 3. The molecule has 0 radical (unpaired) electrons. The van der Waals surface area contributed by atoms with Gasteiger partial charge < -0.3 is 10.2 Å². The van der Waals surface area contributed by atoms with Gasteiger partial charge in [-0.2, -0.15) is 13.2 Å². The number of thiazole rings is 1. The average Bonchev–Trinajstić information content (AvgIpc) is 2.97. The third-order valence-corrected chi connectivity index (χ3v) is 3.73. The number of nitrogens with zero attached hydrogens (tertiary/aromatic N) is 3. The molecule has 116 valence electrons. The van der Waals surface area contributed by atoms with Crippen molar-refractivity contribution in [2.24, 2.45) is 0 Å². The number of carbonyl (C=O) groups excluding carboxylic acids is 2. The van der Waals surface area contributed by atoms with Crippen LogP contribution in [0.25, 0.3) is 0 Å². The standard InChI is InChI=1S/C11H13F3N4O2S/c1-17-4-5-18(10(17)20)9-16-7(6-21-9)8(19)15-3-2-11(12,13)14/h6H,2-5H2,1H3,(H,15,19). The fourth-order valence-electron chi connectivity index (χ4n) is 1.73. The predicted molar refractivity (Wildman–Crippen MR) is 70.5 cm³/mol. The first kappa shape index (κ1) is 15.5. The molecule has 1 aliphatic heterocycles. The summed E-state index contributed by atoms with van der Waals surface area (Å²) in [6.07, 6.45) is -5.40. The Morgan fingerprint density at radius 3 is 2.76 bits per heavy atom. The highest BCUT2D eigenvalue weighted by Crippen LogP contribution is 2.24. The summed E-state index contributed by atoms with van der Waals surface area (Å²) in [6.45, 7) is 0.532. The number of amides is 3. The van der Waals surface area contributed by atoms with Crippen LogP contribution in [0.3, 0.4) is 0 Å². The molecule has 10 heteroatoms. The maximum absolute atomic E-state index is 12.0. The van der Waals surface area contributed by atoms with E-state index in [4.69, 9.17) is 0 Å². The summed E-state index contributed by atoms with van der Waals surface area (Å²) in [5, 5.41) is 3.94. The smallest absolute Gasteiger partial charge is 0.350 e. The monoisotopic (exact) mass is 322 g/mol. The van der Waals surface area contributed by atoms with E-state index < -0.39 is 25.0 Å². The Hall–Kier alpha value is -1.84. The number of aromatic nitrogens is 1. The molecule has 1 aromatic rings. The fourth-order valence-corrected chi connectivity index (χ4v) is 2.55. The van der Waals surface area contributed by atoms with Crippen LogP contribution in [0.5, 0.6) is 0 Å². The number of urea groups is 1. The summed E-state index contributed by atoms with van der Waals surface area (Å²) in [4.78, 5) is 30.4. The zero-order valence-corrected chi connectivity index (χ0v) is 11.9. The number of hydrogen-bond donors (Lipinski definition) is 1. The molecule has 21 heavy (non-hydrogen) atoms. The van der Waals surface area contributed by atoms with E-state index in [0.29, 0.717) is 18.2 Å². The van der Waals surface area contributed by atoms with Crippen molar-refractivity contribution in [3.63, 3.8) is 0 Å². The van der Waals surface area contributed by atoms with Crippen LogP contribution in [0.1, 0.15) is 16.9 Å². The molecule has 1 fully saturated rings. The van der Waals surface area contributed by atoms with Crippen molar-refractivity contribution in [3.8, 4) is 0 Å². The van der Waals surface area contributed by atoms with Crippen molar-refractivity contribution in [2.75, 3.05) is 31.6 Å². The predicted octanol–water partition coefficient (Wildman–Crippen LogP) is 1.70. The van der Waals surface area contributed by atoms with Gasteiger partial charge in [0.15, 0.2) is 5.13 Å². The van der Waals surface area contributed by atoms with Crippen LogP contribution in [-0.4, -0.2) is 54.7 Å². The van der Waals surface area contributed by atoms with E-state index in [-0.39, 0.29) is 11.7 Å². The molecule has 0 aromatic carbocycles. The zero-order valence-electron chi connectivity index (χ0n) is 11.1. The van der Waals surface area contributed by atoms with Crippen LogP contribution in [0.15, 0.2) is 5.38 Å². The number of likely N-dealkylation sites (N-methyl/N-ethyl adjacent to an activating group) is 1. The molecular formula is C11H13F3N4O2S. The van der Waals surface area contributed by atoms with Crippen LogP contribution < -0.4 is 10.2 Å². The van der Waals surface area contributed by atoms with Gasteiger partial charge in [0.25, 0.3) is 5.91 Å². The van der Waals surface area contributed by atoms with Crippen LogP contribution >= 0.6 is 11.3 Å². The van der Waals surface area contributed by atoms with Crippen molar-refractivity contribution in [1.82, 2.24) is 15.2 Å². The molecule has 1 aliphatic rings. The van der Waals surface area contributed by atoms with Gasteiger partial charge in [-0.05, 0) is 0 Å². The molecule has 0 aliphatic carbocycles. The lowest BCUT2D eigenvalue weighted by molar-refractivity contribution is -0.133. The Balaban J connectivity index is 1.94. The molecule has 1 saturated heterocycles. The molecule has 1 N–H and O–H groups in total. The lowest BCUT2D eigenvalue weighted by Crippen LogP contribution is -2.30. The Morgan fingerprint density at radius 1 is 1.48 bits per heavy atom. The highest BCUT2D eigenvalue weighted by molar-refractivity contribution is 7.14. The van der Waals surface area contributed by atoms with Gasteiger partial charge in [-0.1, -0.05) is 0 Å². The largest absolute Gasteiger partial charge is 0.390 e. The van der Waals surface area contributed by atoms with E-state index in [0.717, 1.165) is 11.3 Å². The van der Waals surface area contributed by atoms with Gasteiger partial charge in [0.2, 0.25) is 0 Å². The normalized spacial score (nSPS) is 15.7. The second-order valence-corrected chi connectivity index (χ2v) is 5.33. The van der Waals surface area contributed by atoms with Crippen molar-refractivity contribution in [3.05, 3.63) is 11.1 Å². The molecule has 0 atom stereocenters. The van der Waals surface area contributed by atoms with Crippen LogP contribution in [-0.2, 0) is 0 Å². The molecule has 2 heterocycles. The maximum atomic E-state index is 12.0. The Kier molecular flexibility index (Phi) is 4.35. The summed E-state index contributed by atoms with van der Waals surface area (Å²) in [7, 11) is 1.65. The number of hydrogen-bond acceptors (Lipinski definition) is 4. The third kappa shape index (κ3) is 3.84. The molecule has 1 aromatic heterocycles. The summed E-state index contributed by atoms with van der Waals surface area (Å²) in [5.74, 6) is -0.679. The molecule has 0 bridgehead atoms. The fraction of sp³-hybridized carbons (Fsp3) is 0.545. The number of nitrogens with one attached hydrogen (secondary N) is 1. The van der Waals surface area contributed by atoms with Crippen LogP contribution in [0.4, 0.5) is 23.1 Å². The topological polar surface area (TPSA) is 65.5 Å². The van der Waals surface area contributed by atoms with Gasteiger partial charge in [-0.25, -0.2) is 9.78 Å². The van der Waals surface area contributed by atoms with E-state index in [2.05, 4.69) is 10.3 Å². The highest BCUT2D eigenvalue weighted by Gasteiger charge is 2.30. The molecule has 6 nitrogen and oxygen atoms in total. The van der Waals surface area contributed by atoms with Gasteiger partial charge >= 0.3 is 12.2 Å². The Labute approximate surface area is 122 Å². The lowest BCUT2D eigenvalue weighted by Gasteiger charge is -2.11. The summed E-state index contributed by atoms with van der Waals surface area (Å²) < 4.78 is 35.9. The molecule has 0 spiro atoms. The minimum absolute atomic E-state index is 0.0135. The molecule has 0 saturated carbocycles. The highest BCUT2D eigenvalue weighted by atomic mass is 32.1. The average molecular weight is 322 g/mol. The third-order valence-electron chi connectivity index (χ3n) is 2.87. The minimum Gasteiger partial charge on any atom is -0.350 e. The summed E-state index contributed by atoms with van der Waals surface area (Å²) in [5.41, 5.74) is 0.0135. The van der Waals surface area contributed by atoms with E-state index >= 15 is 0 Å². The van der Waals surface area contributed by atoms with Crippen molar-refractivity contribution in [1.29, 1.82) is 0 Å². The van der Waals surface area contributed by atoms with Crippen LogP contribution in [0.2, 0.25) is 0 Å². The molecular weight excluding hydrogens is 309 g/mol. The van der Waals surface area contributed by atoms with Gasteiger partial charge in [0.1, 0.15) is 5.69 Å². The first-order valence-electron chi connectivity index (χ1n) is 6.11. The second kappa shape index (κ2) is 5.88. The quantitative estimate of drug-likeness (QED) is 0.917. The minimum atomic E-state index is -4.31. The van der Waals surface area contributed by atoms with Gasteiger partial charge in [-0.15, -0.1) is 11.3 Å². The van der Waals surface area contributed by atoms with E-state index in [1.54, 1.807) is 7.05 Å². The number of alkyl halides is 3. The van der Waals surface area contributed by atoms with Gasteiger partial charge in [0.05, 0.1) is 6.42 Å². The summed E-state index contributed by atoms with van der Waals surface area (Å²) in [6, 6.07) is -0.214. The van der Waals surface area contributed by atoms with Crippen LogP contribution in [0, 0.1) is 0 Å². The van der Waals surface area contributed by atoms with E-state index in [1.807, 2.05) is 0 Å². The number of anilines is 1. The maximum Gasteiger partial charge on any atom is 0.390 e. The van der Waals surface area contributed by atoms with Crippen molar-refractivity contribution in [2.45, 2.75) is 12.6 Å². The molecule has 0 unspecified atom stereocenters. The SMILES string of the molecule is CN1CCN(c2nc(C(=O)NCCC(F)(F)F)cs2)C1=O. The number of carbonyl (C=O) groups is 2. The second-order valence-electron chi connectivity index (χ2n) is 4.49.